The quantitative estimate of drug-likeness (QED) is 0.450. The van der Waals surface area contributed by atoms with E-state index in [0.717, 1.165) is 5.56 Å². The number of ether oxygens (including phenoxy) is 3. The van der Waals surface area contributed by atoms with E-state index in [2.05, 4.69) is 10.6 Å². The van der Waals surface area contributed by atoms with Crippen LogP contribution >= 0.6 is 0 Å². The van der Waals surface area contributed by atoms with Crippen LogP contribution < -0.4 is 15.4 Å². The summed E-state index contributed by atoms with van der Waals surface area (Å²) in [6.07, 6.45) is -2.04. The molecule has 9 nitrogen and oxygen atoms in total. The van der Waals surface area contributed by atoms with Crippen LogP contribution in [0.3, 0.4) is 0 Å². The summed E-state index contributed by atoms with van der Waals surface area (Å²) >= 11 is 0. The number of alkyl carbamates (subject to hydrolysis) is 1. The maximum Gasteiger partial charge on any atom is 0.407 e. The molecule has 0 saturated heterocycles. The lowest BCUT2D eigenvalue weighted by Crippen LogP contribution is -2.45. The molecular weight excluding hydrogens is 416 g/mol. The van der Waals surface area contributed by atoms with Gasteiger partial charge in [0.25, 0.3) is 0 Å². The van der Waals surface area contributed by atoms with Gasteiger partial charge in [-0.3, -0.25) is 4.79 Å². The Kier molecular flexibility index (Phi) is 9.99. The fraction of sp³-hybridized carbons (Fsp3) is 0.348. The maximum atomic E-state index is 12.3. The molecule has 32 heavy (non-hydrogen) atoms. The van der Waals surface area contributed by atoms with E-state index < -0.39 is 30.1 Å². The number of aliphatic hydroxyl groups is 1. The molecule has 172 valence electrons. The number of carbonyl (C=O) groups is 3. The molecule has 0 aliphatic rings. The van der Waals surface area contributed by atoms with Gasteiger partial charge in [0.15, 0.2) is 0 Å². The van der Waals surface area contributed by atoms with Gasteiger partial charge in [-0.2, -0.15) is 0 Å². The first-order valence-corrected chi connectivity index (χ1v) is 10.0. The molecule has 2 aromatic carbocycles. The van der Waals surface area contributed by atoms with Gasteiger partial charge in [-0.05, 0) is 17.2 Å². The zero-order chi connectivity index (χ0) is 23.3. The number of benzene rings is 2. The average molecular weight is 444 g/mol. The van der Waals surface area contributed by atoms with Crippen LogP contribution in [0.2, 0.25) is 0 Å². The Bertz CT molecular complexity index is 889. The third kappa shape index (κ3) is 8.27. The molecular formula is C23H28N2O7. The predicted octanol–water partition coefficient (Wildman–Crippen LogP) is 1.57. The number of rotatable bonds is 11. The molecule has 0 aliphatic heterocycles. The zero-order valence-corrected chi connectivity index (χ0v) is 18.1. The summed E-state index contributed by atoms with van der Waals surface area (Å²) in [5.41, 5.74) is 1.54. The van der Waals surface area contributed by atoms with E-state index in [1.54, 1.807) is 24.3 Å². The summed E-state index contributed by atoms with van der Waals surface area (Å²) < 4.78 is 15.1. The number of carbonyl (C=O) groups excluding carboxylic acids is 3. The summed E-state index contributed by atoms with van der Waals surface area (Å²) in [5.74, 6) is -0.613. The van der Waals surface area contributed by atoms with Gasteiger partial charge in [-0.1, -0.05) is 48.5 Å². The van der Waals surface area contributed by atoms with Gasteiger partial charge < -0.3 is 30.0 Å². The Balaban J connectivity index is 1.81. The summed E-state index contributed by atoms with van der Waals surface area (Å²) in [5, 5.41) is 15.0. The minimum atomic E-state index is -1.16. The van der Waals surface area contributed by atoms with Crippen LogP contribution in [0.25, 0.3) is 0 Å². The first kappa shape index (κ1) is 24.7. The second-order valence-corrected chi connectivity index (χ2v) is 6.96. The van der Waals surface area contributed by atoms with Crippen molar-refractivity contribution in [3.8, 4) is 5.75 Å². The molecule has 2 rings (SSSR count). The van der Waals surface area contributed by atoms with Crippen molar-refractivity contribution in [1.82, 2.24) is 10.6 Å². The first-order valence-electron chi connectivity index (χ1n) is 10.0. The van der Waals surface area contributed by atoms with E-state index in [1.807, 2.05) is 30.3 Å². The lowest BCUT2D eigenvalue weighted by atomic mass is 10.0. The van der Waals surface area contributed by atoms with Gasteiger partial charge >= 0.3 is 12.1 Å². The van der Waals surface area contributed by atoms with Crippen LogP contribution in [-0.2, 0) is 32.1 Å². The minimum absolute atomic E-state index is 0.0903. The van der Waals surface area contributed by atoms with Crippen LogP contribution in [0.4, 0.5) is 4.79 Å². The van der Waals surface area contributed by atoms with Crippen molar-refractivity contribution in [3.05, 3.63) is 65.7 Å². The molecule has 0 aromatic heterocycles. The molecule has 0 unspecified atom stereocenters. The maximum absolute atomic E-state index is 12.3. The zero-order valence-electron chi connectivity index (χ0n) is 18.1. The van der Waals surface area contributed by atoms with Crippen molar-refractivity contribution in [1.29, 1.82) is 0 Å². The summed E-state index contributed by atoms with van der Waals surface area (Å²) in [4.78, 5) is 36.2. The van der Waals surface area contributed by atoms with Crippen molar-refractivity contribution >= 4 is 18.0 Å². The van der Waals surface area contributed by atoms with E-state index >= 15 is 0 Å². The first-order chi connectivity index (χ1) is 15.4. The third-order valence-electron chi connectivity index (χ3n) is 4.55. The molecule has 3 N–H and O–H groups in total. The van der Waals surface area contributed by atoms with Gasteiger partial charge in [0.05, 0.1) is 26.7 Å². The van der Waals surface area contributed by atoms with E-state index in [-0.39, 0.29) is 26.0 Å². The van der Waals surface area contributed by atoms with Gasteiger partial charge in [-0.15, -0.1) is 0 Å². The van der Waals surface area contributed by atoms with Gasteiger partial charge in [0.2, 0.25) is 5.91 Å². The highest BCUT2D eigenvalue weighted by molar-refractivity contribution is 5.85. The molecule has 2 aromatic rings. The molecule has 2 amide bonds. The monoisotopic (exact) mass is 444 g/mol. The number of nitrogens with one attached hydrogen (secondary N) is 2. The Labute approximate surface area is 186 Å². The Morgan fingerprint density at radius 1 is 1.00 bits per heavy atom. The van der Waals surface area contributed by atoms with Crippen molar-refractivity contribution < 1.29 is 33.7 Å². The van der Waals surface area contributed by atoms with Crippen LogP contribution in [0, 0.1) is 0 Å². The van der Waals surface area contributed by atoms with Gasteiger partial charge in [0, 0.05) is 13.0 Å². The molecule has 0 bridgehead atoms. The van der Waals surface area contributed by atoms with Crippen molar-refractivity contribution in [2.75, 3.05) is 20.8 Å². The lowest BCUT2D eigenvalue weighted by Gasteiger charge is -2.19. The Morgan fingerprint density at radius 2 is 1.69 bits per heavy atom. The van der Waals surface area contributed by atoms with Crippen LogP contribution in [0.5, 0.6) is 5.75 Å². The normalized spacial score (nSPS) is 12.2. The van der Waals surface area contributed by atoms with Crippen molar-refractivity contribution in [2.45, 2.75) is 31.6 Å². The molecule has 9 heteroatoms. The van der Waals surface area contributed by atoms with E-state index in [9.17, 15) is 19.5 Å². The number of aliphatic hydroxyl groups excluding tert-OH is 1. The average Bonchev–Trinajstić information content (AvgIpc) is 2.81. The Morgan fingerprint density at radius 3 is 2.38 bits per heavy atom. The van der Waals surface area contributed by atoms with Crippen molar-refractivity contribution in [3.63, 3.8) is 0 Å². The third-order valence-corrected chi connectivity index (χ3v) is 4.55. The second kappa shape index (κ2) is 13.0. The van der Waals surface area contributed by atoms with E-state index in [1.165, 1.54) is 14.2 Å². The summed E-state index contributed by atoms with van der Waals surface area (Å²) in [6.45, 7) is -0.0938. The lowest BCUT2D eigenvalue weighted by molar-refractivity contribution is -0.145. The molecule has 0 fully saturated rings. The van der Waals surface area contributed by atoms with E-state index in [0.29, 0.717) is 11.3 Å². The number of hydrogen-bond acceptors (Lipinski definition) is 7. The fourth-order valence-corrected chi connectivity index (χ4v) is 2.94. The smallest absolute Gasteiger partial charge is 0.407 e. The predicted molar refractivity (Wildman–Crippen MR) is 116 cm³/mol. The number of methoxy groups -OCH3 is 2. The molecule has 0 saturated carbocycles. The molecule has 0 spiro atoms. The van der Waals surface area contributed by atoms with Crippen LogP contribution in [0.15, 0.2) is 54.6 Å². The van der Waals surface area contributed by atoms with Crippen LogP contribution in [-0.4, -0.2) is 56.0 Å². The highest BCUT2D eigenvalue weighted by atomic mass is 16.5. The Hall–Kier alpha value is -3.59. The molecule has 0 radical (unpaired) electrons. The molecule has 0 heterocycles. The standard InChI is InChI=1S/C23H28N2O7/c1-30-20-11-7-6-10-17(20)12-19(22(28)31-2)25-21(27)13-18(26)14-24-23(29)32-15-16-8-4-3-5-9-16/h3-11,18-19,26H,12-15H2,1-2H3,(H,24,29)(H,25,27)/t18-,19-/m1/s1. The highest BCUT2D eigenvalue weighted by Crippen LogP contribution is 2.19. The highest BCUT2D eigenvalue weighted by Gasteiger charge is 2.24. The SMILES string of the molecule is COC(=O)[C@@H](Cc1ccccc1OC)NC(=O)C[C@@H](O)CNC(=O)OCc1ccccc1. The number of hydrogen-bond donors (Lipinski definition) is 3. The van der Waals surface area contributed by atoms with Gasteiger partial charge in [-0.25, -0.2) is 9.59 Å². The van der Waals surface area contributed by atoms with E-state index in [4.69, 9.17) is 14.2 Å². The number of amides is 2. The van der Waals surface area contributed by atoms with Crippen LogP contribution in [0.1, 0.15) is 17.5 Å². The molecule has 2 atom stereocenters. The molecule has 0 aliphatic carbocycles. The topological polar surface area (TPSA) is 123 Å². The summed E-state index contributed by atoms with van der Waals surface area (Å²) in [7, 11) is 2.74. The fourth-order valence-electron chi connectivity index (χ4n) is 2.94. The minimum Gasteiger partial charge on any atom is -0.496 e. The number of para-hydroxylation sites is 1. The second-order valence-electron chi connectivity index (χ2n) is 6.96. The largest absolute Gasteiger partial charge is 0.496 e. The van der Waals surface area contributed by atoms with Gasteiger partial charge in [0.1, 0.15) is 18.4 Å². The summed E-state index contributed by atoms with van der Waals surface area (Å²) in [6, 6.07) is 15.3. The number of esters is 1. The van der Waals surface area contributed by atoms with Crippen molar-refractivity contribution in [2.24, 2.45) is 0 Å².